The average Bonchev–Trinajstić information content (AvgIpc) is 2.62. The zero-order valence-electron chi connectivity index (χ0n) is 13.9. The van der Waals surface area contributed by atoms with E-state index in [0.717, 1.165) is 5.56 Å². The second kappa shape index (κ2) is 7.08. The van der Waals surface area contributed by atoms with Crippen molar-refractivity contribution in [3.8, 4) is 17.1 Å². The summed E-state index contributed by atoms with van der Waals surface area (Å²) in [6, 6.07) is 6.98. The van der Waals surface area contributed by atoms with E-state index < -0.39 is 0 Å². The number of nitrogens with two attached hydrogens (primary N) is 1. The molecule has 0 saturated carbocycles. The fourth-order valence-corrected chi connectivity index (χ4v) is 2.29. The smallest absolute Gasteiger partial charge is 0.338 e. The monoisotopic (exact) mass is 339 g/mol. The van der Waals surface area contributed by atoms with E-state index in [-0.39, 0.29) is 17.8 Å². The minimum atomic E-state index is -0.385. The minimum absolute atomic E-state index is 0.0716. The van der Waals surface area contributed by atoms with E-state index in [2.05, 4.69) is 19.9 Å². The van der Waals surface area contributed by atoms with Crippen molar-refractivity contribution in [1.29, 1.82) is 0 Å². The van der Waals surface area contributed by atoms with Gasteiger partial charge in [-0.1, -0.05) is 12.1 Å². The third kappa shape index (κ3) is 3.47. The largest absolute Gasteiger partial charge is 0.476 e. The fourth-order valence-electron chi connectivity index (χ4n) is 2.29. The van der Waals surface area contributed by atoms with Crippen molar-refractivity contribution in [3.63, 3.8) is 0 Å². The number of ether oxygens (including phenoxy) is 2. The molecular formula is C17H17N5O3. The molecule has 0 aliphatic rings. The number of rotatable bonds is 5. The van der Waals surface area contributed by atoms with Crippen LogP contribution >= 0.6 is 0 Å². The van der Waals surface area contributed by atoms with Gasteiger partial charge in [-0.2, -0.15) is 9.97 Å². The number of hydrogen-bond donors (Lipinski definition) is 1. The molecule has 2 N–H and O–H groups in total. The second-order valence-corrected chi connectivity index (χ2v) is 5.05. The van der Waals surface area contributed by atoms with Gasteiger partial charge in [0.2, 0.25) is 11.8 Å². The molecule has 0 aliphatic heterocycles. The Morgan fingerprint density at radius 1 is 1.16 bits per heavy atom. The molecule has 8 nitrogen and oxygen atoms in total. The standard InChI is InChI=1S/C17H17N5O3/c1-3-24-15-13-14(21-17(18)22-15)19-9-12(20-13)10-6-5-7-11(8-10)16(23)25-4-2/h5-9H,3-4H2,1-2H3,(H2,18,19,21,22). The molecule has 0 radical (unpaired) electrons. The highest BCUT2D eigenvalue weighted by molar-refractivity contribution is 5.91. The number of hydrogen-bond acceptors (Lipinski definition) is 8. The first-order valence-electron chi connectivity index (χ1n) is 7.83. The predicted octanol–water partition coefficient (Wildman–Crippen LogP) is 2.24. The Labute approximate surface area is 144 Å². The molecule has 0 saturated heterocycles. The highest BCUT2D eigenvalue weighted by atomic mass is 16.5. The van der Waals surface area contributed by atoms with E-state index in [1.807, 2.05) is 13.0 Å². The van der Waals surface area contributed by atoms with Gasteiger partial charge in [-0.15, -0.1) is 0 Å². The van der Waals surface area contributed by atoms with Crippen LogP contribution in [-0.2, 0) is 4.74 Å². The first-order valence-corrected chi connectivity index (χ1v) is 7.83. The number of benzene rings is 1. The molecule has 2 heterocycles. The molecule has 25 heavy (non-hydrogen) atoms. The van der Waals surface area contributed by atoms with E-state index >= 15 is 0 Å². The normalized spacial score (nSPS) is 10.6. The Morgan fingerprint density at radius 3 is 2.76 bits per heavy atom. The first-order chi connectivity index (χ1) is 12.1. The van der Waals surface area contributed by atoms with Crippen molar-refractivity contribution in [2.75, 3.05) is 18.9 Å². The Hall–Kier alpha value is -3.29. The summed E-state index contributed by atoms with van der Waals surface area (Å²) < 4.78 is 10.5. The number of fused-ring (bicyclic) bond motifs is 1. The summed E-state index contributed by atoms with van der Waals surface area (Å²) >= 11 is 0. The molecule has 0 atom stereocenters. The lowest BCUT2D eigenvalue weighted by Crippen LogP contribution is -2.05. The van der Waals surface area contributed by atoms with Crippen LogP contribution in [0.2, 0.25) is 0 Å². The van der Waals surface area contributed by atoms with Crippen LogP contribution in [0.15, 0.2) is 30.5 Å². The van der Waals surface area contributed by atoms with E-state index in [4.69, 9.17) is 15.2 Å². The molecule has 3 rings (SSSR count). The van der Waals surface area contributed by atoms with Gasteiger partial charge in [-0.25, -0.2) is 14.8 Å². The molecule has 0 bridgehead atoms. The van der Waals surface area contributed by atoms with Gasteiger partial charge in [0.1, 0.15) is 0 Å². The maximum atomic E-state index is 11.9. The Balaban J connectivity index is 2.07. The minimum Gasteiger partial charge on any atom is -0.476 e. The van der Waals surface area contributed by atoms with Crippen molar-refractivity contribution in [3.05, 3.63) is 36.0 Å². The molecule has 0 aliphatic carbocycles. The summed E-state index contributed by atoms with van der Waals surface area (Å²) in [5.41, 5.74) is 8.15. The highest BCUT2D eigenvalue weighted by Crippen LogP contribution is 2.24. The van der Waals surface area contributed by atoms with Crippen molar-refractivity contribution < 1.29 is 14.3 Å². The van der Waals surface area contributed by atoms with Gasteiger partial charge in [-0.05, 0) is 26.0 Å². The summed E-state index contributed by atoms with van der Waals surface area (Å²) in [7, 11) is 0. The lowest BCUT2D eigenvalue weighted by Gasteiger charge is -2.08. The van der Waals surface area contributed by atoms with Crippen molar-refractivity contribution in [2.45, 2.75) is 13.8 Å². The molecule has 3 aromatic rings. The maximum Gasteiger partial charge on any atom is 0.338 e. The predicted molar refractivity (Wildman–Crippen MR) is 92.1 cm³/mol. The highest BCUT2D eigenvalue weighted by Gasteiger charge is 2.13. The summed E-state index contributed by atoms with van der Waals surface area (Å²) in [6.07, 6.45) is 1.56. The zero-order chi connectivity index (χ0) is 17.8. The second-order valence-electron chi connectivity index (χ2n) is 5.05. The summed E-state index contributed by atoms with van der Waals surface area (Å²) in [5, 5.41) is 0. The summed E-state index contributed by atoms with van der Waals surface area (Å²) in [4.78, 5) is 28.8. The summed E-state index contributed by atoms with van der Waals surface area (Å²) in [6.45, 7) is 4.33. The Morgan fingerprint density at radius 2 is 2.00 bits per heavy atom. The molecule has 0 amide bonds. The van der Waals surface area contributed by atoms with Gasteiger partial charge in [0.25, 0.3) is 0 Å². The number of nitrogen functional groups attached to an aromatic ring is 1. The number of carbonyl (C=O) groups excluding carboxylic acids is 1. The number of aromatic nitrogens is 4. The van der Waals surface area contributed by atoms with Gasteiger partial charge >= 0.3 is 5.97 Å². The van der Waals surface area contributed by atoms with Crippen LogP contribution in [0.4, 0.5) is 5.95 Å². The van der Waals surface area contributed by atoms with Crippen molar-refractivity contribution >= 4 is 23.1 Å². The van der Waals surface area contributed by atoms with Gasteiger partial charge in [0, 0.05) is 5.56 Å². The third-order valence-corrected chi connectivity index (χ3v) is 3.34. The van der Waals surface area contributed by atoms with E-state index in [1.54, 1.807) is 31.3 Å². The van der Waals surface area contributed by atoms with Crippen LogP contribution in [0.3, 0.4) is 0 Å². The SMILES string of the molecule is CCOC(=O)c1cccc(-c2cnc3nc(N)nc(OCC)c3n2)c1. The zero-order valence-corrected chi connectivity index (χ0v) is 13.9. The molecule has 2 aromatic heterocycles. The molecule has 128 valence electrons. The van der Waals surface area contributed by atoms with Gasteiger partial charge in [0.15, 0.2) is 11.2 Å². The third-order valence-electron chi connectivity index (χ3n) is 3.34. The first kappa shape index (κ1) is 16.6. The van der Waals surface area contributed by atoms with Crippen molar-refractivity contribution in [2.24, 2.45) is 0 Å². The van der Waals surface area contributed by atoms with Crippen LogP contribution in [0.1, 0.15) is 24.2 Å². The molecule has 8 heteroatoms. The van der Waals surface area contributed by atoms with E-state index in [1.165, 1.54) is 0 Å². The van der Waals surface area contributed by atoms with Crippen LogP contribution < -0.4 is 10.5 Å². The van der Waals surface area contributed by atoms with E-state index in [9.17, 15) is 4.79 Å². The Kier molecular flexibility index (Phi) is 4.69. The van der Waals surface area contributed by atoms with Crippen LogP contribution in [-0.4, -0.2) is 39.1 Å². The maximum absolute atomic E-state index is 11.9. The molecule has 0 spiro atoms. The number of anilines is 1. The Bertz CT molecular complexity index is 929. The topological polar surface area (TPSA) is 113 Å². The molecular weight excluding hydrogens is 322 g/mol. The van der Waals surface area contributed by atoms with Crippen molar-refractivity contribution in [1.82, 2.24) is 19.9 Å². The van der Waals surface area contributed by atoms with Crippen LogP contribution in [0, 0.1) is 0 Å². The molecule has 1 aromatic carbocycles. The number of carbonyl (C=O) groups is 1. The van der Waals surface area contributed by atoms with Crippen LogP contribution in [0.25, 0.3) is 22.4 Å². The van der Waals surface area contributed by atoms with Gasteiger partial charge < -0.3 is 15.2 Å². The average molecular weight is 339 g/mol. The quantitative estimate of drug-likeness (QED) is 0.704. The molecule has 0 fully saturated rings. The molecule has 0 unspecified atom stereocenters. The fraction of sp³-hybridized carbons (Fsp3) is 0.235. The lowest BCUT2D eigenvalue weighted by molar-refractivity contribution is 0.0526. The van der Waals surface area contributed by atoms with E-state index in [0.29, 0.717) is 35.6 Å². The van der Waals surface area contributed by atoms with Gasteiger partial charge in [-0.3, -0.25) is 0 Å². The number of esters is 1. The summed E-state index contributed by atoms with van der Waals surface area (Å²) in [5.74, 6) is -0.0348. The lowest BCUT2D eigenvalue weighted by atomic mass is 10.1. The van der Waals surface area contributed by atoms with Gasteiger partial charge in [0.05, 0.1) is 30.7 Å². The van der Waals surface area contributed by atoms with Crippen LogP contribution in [0.5, 0.6) is 5.88 Å². The number of nitrogens with zero attached hydrogens (tertiary/aromatic N) is 4.